The molecule has 1 aromatic carbocycles. The van der Waals surface area contributed by atoms with E-state index in [-0.39, 0.29) is 12.1 Å². The van der Waals surface area contributed by atoms with E-state index < -0.39 is 11.7 Å². The van der Waals surface area contributed by atoms with Gasteiger partial charge in [0.2, 0.25) is 0 Å². The average molecular weight is 273 g/mol. The number of nitrogens with one attached hydrogen (secondary N) is 1. The molecule has 0 heterocycles. The van der Waals surface area contributed by atoms with E-state index in [1.807, 2.05) is 0 Å². The van der Waals surface area contributed by atoms with Crippen LogP contribution in [0.3, 0.4) is 0 Å². The van der Waals surface area contributed by atoms with Gasteiger partial charge >= 0.3 is 6.18 Å². The molecular formula is C14H18F3NO. The molecule has 1 aliphatic carbocycles. The Kier molecular flexibility index (Phi) is 4.04. The maximum absolute atomic E-state index is 12.5. The normalized spacial score (nSPS) is 19.2. The molecule has 0 aliphatic heterocycles. The fourth-order valence-electron chi connectivity index (χ4n) is 2.60. The zero-order valence-electron chi connectivity index (χ0n) is 10.6. The van der Waals surface area contributed by atoms with Gasteiger partial charge in [0.25, 0.3) is 0 Å². The predicted molar refractivity (Wildman–Crippen MR) is 68.0 cm³/mol. The van der Waals surface area contributed by atoms with Crippen molar-refractivity contribution in [1.29, 1.82) is 0 Å². The Balaban J connectivity index is 2.10. The lowest BCUT2D eigenvalue weighted by atomic mass is 9.82. The fourth-order valence-corrected chi connectivity index (χ4v) is 2.60. The van der Waals surface area contributed by atoms with Crippen LogP contribution >= 0.6 is 0 Å². The molecule has 0 saturated heterocycles. The molecule has 1 saturated carbocycles. The number of hydrogen-bond donors (Lipinski definition) is 2. The van der Waals surface area contributed by atoms with Gasteiger partial charge in [0.15, 0.2) is 0 Å². The molecule has 0 radical (unpaired) electrons. The lowest BCUT2D eigenvalue weighted by Crippen LogP contribution is -2.43. The quantitative estimate of drug-likeness (QED) is 0.877. The van der Waals surface area contributed by atoms with Crippen molar-refractivity contribution in [1.82, 2.24) is 0 Å². The van der Waals surface area contributed by atoms with Gasteiger partial charge in [-0.3, -0.25) is 0 Å². The summed E-state index contributed by atoms with van der Waals surface area (Å²) in [6.07, 6.45) is 0.617. The summed E-state index contributed by atoms with van der Waals surface area (Å²) in [5.74, 6) is 0. The van der Waals surface area contributed by atoms with Gasteiger partial charge in [-0.2, -0.15) is 13.2 Å². The average Bonchev–Trinajstić information content (AvgIpc) is 2.39. The maximum atomic E-state index is 12.5. The number of aliphatic hydroxyl groups excluding tert-OH is 1. The third-order valence-corrected chi connectivity index (χ3v) is 3.74. The number of hydrogen-bond acceptors (Lipinski definition) is 2. The standard InChI is InChI=1S/C14H18F3NO/c15-14(16,17)11-4-6-12(7-5-11)18-13(10-19)8-2-1-3-9-13/h4-7,18-19H,1-3,8-10H2. The second kappa shape index (κ2) is 5.41. The molecule has 0 amide bonds. The number of benzene rings is 1. The molecule has 106 valence electrons. The van der Waals surface area contributed by atoms with Gasteiger partial charge in [0.1, 0.15) is 0 Å². The summed E-state index contributed by atoms with van der Waals surface area (Å²) in [4.78, 5) is 0. The highest BCUT2D eigenvalue weighted by Crippen LogP contribution is 2.33. The van der Waals surface area contributed by atoms with E-state index in [0.29, 0.717) is 5.69 Å². The van der Waals surface area contributed by atoms with Gasteiger partial charge in [-0.25, -0.2) is 0 Å². The highest BCUT2D eigenvalue weighted by Gasteiger charge is 2.32. The molecule has 0 bridgehead atoms. The van der Waals surface area contributed by atoms with Crippen molar-refractivity contribution in [2.24, 2.45) is 0 Å². The van der Waals surface area contributed by atoms with Gasteiger partial charge in [-0.15, -0.1) is 0 Å². The first-order valence-electron chi connectivity index (χ1n) is 6.52. The van der Waals surface area contributed by atoms with E-state index in [2.05, 4.69) is 5.32 Å². The summed E-state index contributed by atoms with van der Waals surface area (Å²) in [7, 11) is 0. The van der Waals surface area contributed by atoms with Gasteiger partial charge in [0.05, 0.1) is 17.7 Å². The van der Waals surface area contributed by atoms with Crippen LogP contribution in [0.4, 0.5) is 18.9 Å². The molecule has 0 aromatic heterocycles. The van der Waals surface area contributed by atoms with Gasteiger partial charge < -0.3 is 10.4 Å². The molecule has 1 aromatic rings. The summed E-state index contributed by atoms with van der Waals surface area (Å²) in [6, 6.07) is 4.98. The zero-order chi connectivity index (χ0) is 13.9. The van der Waals surface area contributed by atoms with E-state index in [1.165, 1.54) is 12.1 Å². The summed E-state index contributed by atoms with van der Waals surface area (Å²) in [6.45, 7) is 0.00796. The lowest BCUT2D eigenvalue weighted by Gasteiger charge is -2.37. The van der Waals surface area contributed by atoms with Gasteiger partial charge in [-0.1, -0.05) is 19.3 Å². The Hall–Kier alpha value is -1.23. The number of aliphatic hydroxyl groups is 1. The van der Waals surface area contributed by atoms with E-state index >= 15 is 0 Å². The summed E-state index contributed by atoms with van der Waals surface area (Å²) in [5.41, 5.74) is -0.401. The van der Waals surface area contributed by atoms with E-state index in [0.717, 1.165) is 44.2 Å². The molecule has 0 atom stereocenters. The second-order valence-electron chi connectivity index (χ2n) is 5.20. The topological polar surface area (TPSA) is 32.3 Å². The summed E-state index contributed by atoms with van der Waals surface area (Å²) >= 11 is 0. The van der Waals surface area contributed by atoms with E-state index in [9.17, 15) is 18.3 Å². The van der Waals surface area contributed by atoms with E-state index in [4.69, 9.17) is 0 Å². The first kappa shape index (κ1) is 14.2. The van der Waals surface area contributed by atoms with Crippen molar-refractivity contribution in [3.05, 3.63) is 29.8 Å². The van der Waals surface area contributed by atoms with E-state index in [1.54, 1.807) is 0 Å². The number of anilines is 1. The SMILES string of the molecule is OCC1(Nc2ccc(C(F)(F)F)cc2)CCCCC1. The molecule has 1 aliphatic rings. The van der Waals surface area contributed by atoms with Crippen molar-refractivity contribution < 1.29 is 18.3 Å². The van der Waals surface area contributed by atoms with Crippen molar-refractivity contribution >= 4 is 5.69 Å². The third-order valence-electron chi connectivity index (χ3n) is 3.74. The Morgan fingerprint density at radius 3 is 2.11 bits per heavy atom. The Labute approximate surface area is 110 Å². The van der Waals surface area contributed by atoms with Crippen molar-refractivity contribution in [2.45, 2.75) is 43.8 Å². The minimum absolute atomic E-state index is 0.00796. The van der Waals surface area contributed by atoms with Crippen LogP contribution in [0.5, 0.6) is 0 Å². The Morgan fingerprint density at radius 2 is 1.63 bits per heavy atom. The fraction of sp³-hybridized carbons (Fsp3) is 0.571. The summed E-state index contributed by atoms with van der Waals surface area (Å²) in [5, 5.41) is 12.7. The first-order valence-corrected chi connectivity index (χ1v) is 6.52. The highest BCUT2D eigenvalue weighted by atomic mass is 19.4. The first-order chi connectivity index (χ1) is 8.95. The molecule has 2 N–H and O–H groups in total. The van der Waals surface area contributed by atoms with Crippen molar-refractivity contribution in [2.75, 3.05) is 11.9 Å². The zero-order valence-corrected chi connectivity index (χ0v) is 10.6. The predicted octanol–water partition coefficient (Wildman–Crippen LogP) is 3.81. The van der Waals surface area contributed by atoms with Crippen LogP contribution in [-0.2, 0) is 6.18 Å². The Bertz CT molecular complexity index is 408. The van der Waals surface area contributed by atoms with Crippen LogP contribution in [0, 0.1) is 0 Å². The third kappa shape index (κ3) is 3.41. The molecule has 0 unspecified atom stereocenters. The van der Waals surface area contributed by atoms with Crippen molar-refractivity contribution in [3.63, 3.8) is 0 Å². The van der Waals surface area contributed by atoms with Crippen LogP contribution < -0.4 is 5.32 Å². The molecule has 0 spiro atoms. The largest absolute Gasteiger partial charge is 0.416 e. The van der Waals surface area contributed by atoms with Crippen LogP contribution in [-0.4, -0.2) is 17.3 Å². The van der Waals surface area contributed by atoms with Crippen LogP contribution in [0.15, 0.2) is 24.3 Å². The highest BCUT2D eigenvalue weighted by molar-refractivity contribution is 5.47. The van der Waals surface area contributed by atoms with Gasteiger partial charge in [-0.05, 0) is 37.1 Å². The monoisotopic (exact) mass is 273 g/mol. The number of rotatable bonds is 3. The number of alkyl halides is 3. The molecule has 1 fully saturated rings. The minimum atomic E-state index is -4.31. The van der Waals surface area contributed by atoms with Gasteiger partial charge in [0, 0.05) is 5.69 Å². The van der Waals surface area contributed by atoms with Crippen molar-refractivity contribution in [3.8, 4) is 0 Å². The van der Waals surface area contributed by atoms with Crippen LogP contribution in [0.25, 0.3) is 0 Å². The second-order valence-corrected chi connectivity index (χ2v) is 5.20. The Morgan fingerprint density at radius 1 is 1.05 bits per heavy atom. The summed E-state index contributed by atoms with van der Waals surface area (Å²) < 4.78 is 37.4. The minimum Gasteiger partial charge on any atom is -0.394 e. The molecule has 2 nitrogen and oxygen atoms in total. The van der Waals surface area contributed by atoms with Crippen LogP contribution in [0.2, 0.25) is 0 Å². The lowest BCUT2D eigenvalue weighted by molar-refractivity contribution is -0.137. The molecule has 2 rings (SSSR count). The van der Waals surface area contributed by atoms with Crippen LogP contribution in [0.1, 0.15) is 37.7 Å². The molecule has 5 heteroatoms. The molecular weight excluding hydrogens is 255 g/mol. The number of halogens is 3. The smallest absolute Gasteiger partial charge is 0.394 e. The maximum Gasteiger partial charge on any atom is 0.416 e. The molecule has 19 heavy (non-hydrogen) atoms.